The van der Waals surface area contributed by atoms with Gasteiger partial charge in [-0.3, -0.25) is 0 Å². The second kappa shape index (κ2) is 4.02. The fourth-order valence-corrected chi connectivity index (χ4v) is 3.28. The van der Waals surface area contributed by atoms with Gasteiger partial charge in [0.2, 0.25) is 0 Å². The molecule has 14 heavy (non-hydrogen) atoms. The molecule has 0 amide bonds. The molecule has 0 fully saturated rings. The molecule has 0 aliphatic rings. The Balaban J connectivity index is 3.37. The van der Waals surface area contributed by atoms with Gasteiger partial charge in [-0.05, 0) is 17.3 Å². The van der Waals surface area contributed by atoms with Crippen LogP contribution in [-0.4, -0.2) is 15.2 Å². The molecule has 1 aromatic rings. The molecule has 4 heteroatoms. The van der Waals surface area contributed by atoms with Crippen molar-refractivity contribution in [1.29, 1.82) is 0 Å². The summed E-state index contributed by atoms with van der Waals surface area (Å²) in [5.41, 5.74) is 0. The molecule has 0 N–H and O–H groups in total. The van der Waals surface area contributed by atoms with Gasteiger partial charge in [0.1, 0.15) is 0 Å². The smallest absolute Gasteiger partial charge is 0.164 e. The Kier molecular flexibility index (Phi) is 3.37. The predicted molar refractivity (Wildman–Crippen MR) is 63.6 cm³/mol. The summed E-state index contributed by atoms with van der Waals surface area (Å²) in [4.78, 5) is 0. The highest BCUT2D eigenvalue weighted by molar-refractivity contribution is 9.10. The highest BCUT2D eigenvalue weighted by Gasteiger charge is 2.23. The van der Waals surface area contributed by atoms with Gasteiger partial charge in [0.15, 0.2) is 11.6 Å². The number of hydrogen-bond donors (Lipinski definition) is 0. The van der Waals surface area contributed by atoms with Crippen LogP contribution in [0.3, 0.4) is 0 Å². The van der Waals surface area contributed by atoms with Gasteiger partial charge in [-0.2, -0.15) is 0 Å². The molecule has 0 heterocycles. The first-order valence-electron chi connectivity index (χ1n) is 4.40. The minimum Gasteiger partial charge on any atom is -0.494 e. The lowest BCUT2D eigenvalue weighted by atomic mass is 10.3. The maximum absolute atomic E-state index is 13.8. The van der Waals surface area contributed by atoms with Gasteiger partial charge in [-0.1, -0.05) is 35.6 Å². The Morgan fingerprint density at radius 1 is 1.29 bits per heavy atom. The van der Waals surface area contributed by atoms with Crippen molar-refractivity contribution in [2.24, 2.45) is 0 Å². The number of benzene rings is 1. The summed E-state index contributed by atoms with van der Waals surface area (Å²) in [6, 6.07) is 3.50. The van der Waals surface area contributed by atoms with Gasteiger partial charge in [0.25, 0.3) is 0 Å². The highest BCUT2D eigenvalue weighted by atomic mass is 79.9. The second-order valence-corrected chi connectivity index (χ2v) is 10.2. The van der Waals surface area contributed by atoms with E-state index in [4.69, 9.17) is 4.74 Å². The van der Waals surface area contributed by atoms with Crippen LogP contribution in [0.5, 0.6) is 5.75 Å². The van der Waals surface area contributed by atoms with E-state index >= 15 is 0 Å². The molecule has 0 saturated carbocycles. The number of rotatable bonds is 2. The SMILES string of the molecule is COc1cc(Br)cc([Si](C)(C)C)c1F. The molecule has 0 bridgehead atoms. The van der Waals surface area contributed by atoms with Crippen molar-refractivity contribution in [3.63, 3.8) is 0 Å². The zero-order chi connectivity index (χ0) is 10.9. The minimum atomic E-state index is -1.64. The lowest BCUT2D eigenvalue weighted by Gasteiger charge is -2.19. The normalized spacial score (nSPS) is 11.6. The number of halogens is 2. The van der Waals surface area contributed by atoms with Gasteiger partial charge in [-0.25, -0.2) is 4.39 Å². The number of ether oxygens (including phenoxy) is 1. The minimum absolute atomic E-state index is 0.213. The molecule has 0 radical (unpaired) electrons. The van der Waals surface area contributed by atoms with E-state index in [9.17, 15) is 4.39 Å². The van der Waals surface area contributed by atoms with Crippen molar-refractivity contribution < 1.29 is 9.13 Å². The number of hydrogen-bond acceptors (Lipinski definition) is 1. The van der Waals surface area contributed by atoms with Crippen molar-refractivity contribution in [1.82, 2.24) is 0 Å². The van der Waals surface area contributed by atoms with Crippen LogP contribution in [0.25, 0.3) is 0 Å². The monoisotopic (exact) mass is 276 g/mol. The van der Waals surface area contributed by atoms with Gasteiger partial charge >= 0.3 is 0 Å². The molecule has 0 saturated heterocycles. The van der Waals surface area contributed by atoms with Crippen molar-refractivity contribution in [2.75, 3.05) is 7.11 Å². The highest BCUT2D eigenvalue weighted by Crippen LogP contribution is 2.22. The van der Waals surface area contributed by atoms with Crippen molar-refractivity contribution >= 4 is 29.2 Å². The maximum Gasteiger partial charge on any atom is 0.164 e. The van der Waals surface area contributed by atoms with Gasteiger partial charge in [0, 0.05) is 4.47 Å². The predicted octanol–water partition coefficient (Wildman–Crippen LogP) is 3.14. The lowest BCUT2D eigenvalue weighted by Crippen LogP contribution is -2.40. The third kappa shape index (κ3) is 2.36. The van der Waals surface area contributed by atoms with Crippen LogP contribution in [0, 0.1) is 5.82 Å². The first-order valence-corrected chi connectivity index (χ1v) is 8.69. The van der Waals surface area contributed by atoms with Crippen molar-refractivity contribution in [2.45, 2.75) is 19.6 Å². The molecule has 1 nitrogen and oxygen atoms in total. The molecule has 0 aliphatic heterocycles. The molecule has 78 valence electrons. The molecular weight excluding hydrogens is 263 g/mol. The first kappa shape index (κ1) is 11.7. The maximum atomic E-state index is 13.8. The fraction of sp³-hybridized carbons (Fsp3) is 0.400. The Hall–Kier alpha value is -0.353. The van der Waals surface area contributed by atoms with Crippen LogP contribution < -0.4 is 9.92 Å². The average molecular weight is 277 g/mol. The van der Waals surface area contributed by atoms with E-state index in [0.717, 1.165) is 9.66 Å². The molecular formula is C10H14BrFOSi. The molecule has 1 aromatic carbocycles. The van der Waals surface area contributed by atoms with E-state index in [1.165, 1.54) is 7.11 Å². The zero-order valence-electron chi connectivity index (χ0n) is 8.82. The molecule has 0 aromatic heterocycles. The average Bonchev–Trinajstić information content (AvgIpc) is 2.06. The van der Waals surface area contributed by atoms with Crippen LogP contribution in [-0.2, 0) is 0 Å². The van der Waals surface area contributed by atoms with E-state index in [2.05, 4.69) is 35.6 Å². The van der Waals surface area contributed by atoms with E-state index in [-0.39, 0.29) is 5.82 Å². The van der Waals surface area contributed by atoms with Crippen LogP contribution >= 0.6 is 15.9 Å². The van der Waals surface area contributed by atoms with Gasteiger partial charge in [-0.15, -0.1) is 0 Å². The zero-order valence-corrected chi connectivity index (χ0v) is 11.4. The Bertz CT molecular complexity index is 347. The van der Waals surface area contributed by atoms with Gasteiger partial charge < -0.3 is 4.74 Å². The summed E-state index contributed by atoms with van der Waals surface area (Å²) < 4.78 is 19.7. The summed E-state index contributed by atoms with van der Waals surface area (Å²) in [5.74, 6) is 0.103. The van der Waals surface area contributed by atoms with Crippen LogP contribution in [0.1, 0.15) is 0 Å². The fourth-order valence-electron chi connectivity index (χ4n) is 1.26. The number of methoxy groups -OCH3 is 1. The van der Waals surface area contributed by atoms with Crippen LogP contribution in [0.4, 0.5) is 4.39 Å². The summed E-state index contributed by atoms with van der Waals surface area (Å²) in [6.07, 6.45) is 0. The van der Waals surface area contributed by atoms with Crippen LogP contribution in [0.2, 0.25) is 19.6 Å². The summed E-state index contributed by atoms with van der Waals surface area (Å²) >= 11 is 3.36. The van der Waals surface area contributed by atoms with Crippen LogP contribution in [0.15, 0.2) is 16.6 Å². The molecule has 0 aliphatic carbocycles. The van der Waals surface area contributed by atoms with Crippen molar-refractivity contribution in [3.8, 4) is 5.75 Å². The standard InChI is InChI=1S/C10H14BrFOSi/c1-13-8-5-7(11)6-9(10(8)12)14(2,3)4/h5-6H,1-4H3. The third-order valence-electron chi connectivity index (χ3n) is 2.03. The summed E-state index contributed by atoms with van der Waals surface area (Å²) in [5, 5.41) is 0.795. The second-order valence-electron chi connectivity index (χ2n) is 4.22. The van der Waals surface area contributed by atoms with E-state index in [1.54, 1.807) is 6.07 Å². The van der Waals surface area contributed by atoms with Gasteiger partial charge in [0.05, 0.1) is 15.2 Å². The Morgan fingerprint density at radius 3 is 2.29 bits per heavy atom. The lowest BCUT2D eigenvalue weighted by molar-refractivity contribution is 0.387. The largest absolute Gasteiger partial charge is 0.494 e. The summed E-state index contributed by atoms with van der Waals surface area (Å²) in [7, 11) is -0.157. The topological polar surface area (TPSA) is 9.23 Å². The van der Waals surface area contributed by atoms with Crippen molar-refractivity contribution in [3.05, 3.63) is 22.4 Å². The quantitative estimate of drug-likeness (QED) is 0.755. The molecule has 1 rings (SSSR count). The first-order chi connectivity index (χ1) is 6.36. The summed E-state index contributed by atoms with van der Waals surface area (Å²) in [6.45, 7) is 6.33. The van der Waals surface area contributed by atoms with E-state index in [0.29, 0.717) is 5.75 Å². The van der Waals surface area contributed by atoms with E-state index in [1.807, 2.05) is 6.07 Å². The molecule has 0 atom stereocenters. The Labute approximate surface area is 93.4 Å². The molecule has 0 spiro atoms. The molecule has 0 unspecified atom stereocenters. The Morgan fingerprint density at radius 2 is 1.86 bits per heavy atom. The third-order valence-corrected chi connectivity index (χ3v) is 4.47. The van der Waals surface area contributed by atoms with E-state index < -0.39 is 8.07 Å².